The maximum atomic E-state index is 6.69. The molecule has 4 heteroatoms. The third-order valence-corrected chi connectivity index (χ3v) is 10.2. The first kappa shape index (κ1) is 32.3. The maximum absolute atomic E-state index is 6.69. The molecule has 4 nitrogen and oxygen atoms in total. The van der Waals surface area contributed by atoms with E-state index in [1.807, 2.05) is 0 Å². The fraction of sp³-hybridized carbons (Fsp3) is 0.304. The minimum absolute atomic E-state index is 0.733. The molecule has 9 rings (SSSR count). The number of hydrogen-bond donors (Lipinski definition) is 0. The van der Waals surface area contributed by atoms with E-state index in [9.17, 15) is 0 Å². The molecule has 0 amide bonds. The summed E-state index contributed by atoms with van der Waals surface area (Å²) in [4.78, 5) is 0. The van der Waals surface area contributed by atoms with Gasteiger partial charge < -0.3 is 18.3 Å². The van der Waals surface area contributed by atoms with Crippen molar-refractivity contribution < 1.29 is 18.3 Å². The zero-order chi connectivity index (χ0) is 33.5. The molecular weight excluding hydrogens is 617 g/mol. The van der Waals surface area contributed by atoms with Crippen LogP contribution in [0.4, 0.5) is 0 Å². The number of hydrogen-bond acceptors (Lipinski definition) is 4. The van der Waals surface area contributed by atoms with Crippen molar-refractivity contribution in [1.29, 1.82) is 0 Å². The Morgan fingerprint density at radius 3 is 1.34 bits per heavy atom. The van der Waals surface area contributed by atoms with Gasteiger partial charge in [-0.1, -0.05) is 111 Å². The lowest BCUT2D eigenvalue weighted by molar-refractivity contribution is 0.303. The van der Waals surface area contributed by atoms with Gasteiger partial charge in [0.2, 0.25) is 0 Å². The van der Waals surface area contributed by atoms with Crippen molar-refractivity contribution in [2.45, 2.75) is 77.0 Å². The predicted octanol–water partition coefficient (Wildman–Crippen LogP) is 13.1. The summed E-state index contributed by atoms with van der Waals surface area (Å²) in [5.74, 6) is 4.00. The Hall–Kier alpha value is -4.96. The molecular formula is C46H46O4. The molecule has 0 saturated carbocycles. The zero-order valence-electron chi connectivity index (χ0n) is 28.9. The van der Waals surface area contributed by atoms with Crippen molar-refractivity contribution in [1.82, 2.24) is 0 Å². The minimum atomic E-state index is 0.733. The molecule has 0 saturated heterocycles. The highest BCUT2D eigenvalue weighted by atomic mass is 16.5. The van der Waals surface area contributed by atoms with E-state index >= 15 is 0 Å². The molecule has 0 aliphatic carbocycles. The summed E-state index contributed by atoms with van der Waals surface area (Å²) in [7, 11) is 0. The van der Waals surface area contributed by atoms with Gasteiger partial charge in [-0.25, -0.2) is 0 Å². The molecule has 5 aromatic carbocycles. The van der Waals surface area contributed by atoms with Gasteiger partial charge in [0.05, 0.1) is 13.2 Å². The van der Waals surface area contributed by atoms with Crippen LogP contribution < -0.4 is 9.47 Å². The lowest BCUT2D eigenvalue weighted by atomic mass is 9.95. The molecule has 50 heavy (non-hydrogen) atoms. The fourth-order valence-electron chi connectivity index (χ4n) is 7.58. The summed E-state index contributed by atoms with van der Waals surface area (Å²) in [6.45, 7) is 1.47. The van der Waals surface area contributed by atoms with Gasteiger partial charge in [-0.2, -0.15) is 0 Å². The number of rotatable bonds is 2. The summed E-state index contributed by atoms with van der Waals surface area (Å²) < 4.78 is 25.7. The van der Waals surface area contributed by atoms with Crippen LogP contribution in [0.25, 0.3) is 55.0 Å². The van der Waals surface area contributed by atoms with Crippen LogP contribution in [0.5, 0.6) is 11.5 Å². The zero-order valence-corrected chi connectivity index (χ0v) is 28.9. The molecule has 0 radical (unpaired) electrons. The van der Waals surface area contributed by atoms with Crippen molar-refractivity contribution >= 4 is 32.7 Å². The molecule has 2 aromatic heterocycles. The van der Waals surface area contributed by atoms with E-state index in [1.54, 1.807) is 0 Å². The van der Waals surface area contributed by atoms with Gasteiger partial charge in [0.25, 0.3) is 0 Å². The van der Waals surface area contributed by atoms with Crippen LogP contribution in [0.3, 0.4) is 0 Å². The standard InChI is InChI=1S/C46H46O4/c1-3-13-21-41-45(34-17-9-7-10-18-34)39-31-40-44(32-43(39)49-41)50-42(46(40)35-19-11-8-12-20-35)22-14-4-2-6-16-28-48-38-26-24-33-23-25-37(29-36(33)30-38)47-27-15-5-1/h7-12,17-20,23-26,29-32H,1-6,13-16,21-22,27-28H2. The monoisotopic (exact) mass is 662 g/mol. The second kappa shape index (κ2) is 15.3. The van der Waals surface area contributed by atoms with E-state index in [4.69, 9.17) is 18.3 Å². The van der Waals surface area contributed by atoms with Gasteiger partial charge in [0.15, 0.2) is 0 Å². The Morgan fingerprint density at radius 2 is 0.840 bits per heavy atom. The maximum Gasteiger partial charge on any atom is 0.138 e. The predicted molar refractivity (Wildman–Crippen MR) is 205 cm³/mol. The third-order valence-electron chi connectivity index (χ3n) is 10.2. The quantitative estimate of drug-likeness (QED) is 0.185. The molecule has 0 N–H and O–H groups in total. The number of aryl methyl sites for hydroxylation is 2. The minimum Gasteiger partial charge on any atom is -0.494 e. The van der Waals surface area contributed by atoms with Gasteiger partial charge in [0, 0.05) is 40.8 Å². The Bertz CT molecular complexity index is 2030. The second-order valence-electron chi connectivity index (χ2n) is 13.8. The first-order valence-electron chi connectivity index (χ1n) is 18.7. The summed E-state index contributed by atoms with van der Waals surface area (Å²) in [5.41, 5.74) is 6.66. The third kappa shape index (κ3) is 7.16. The Balaban J connectivity index is 1.08. The average Bonchev–Trinajstić information content (AvgIpc) is 3.69. The van der Waals surface area contributed by atoms with Crippen LogP contribution in [0.15, 0.2) is 118 Å². The Labute approximate surface area is 295 Å². The average molecular weight is 663 g/mol. The van der Waals surface area contributed by atoms with Gasteiger partial charge in [-0.3, -0.25) is 0 Å². The molecule has 254 valence electrons. The molecule has 0 atom stereocenters. The largest absolute Gasteiger partial charge is 0.494 e. The summed E-state index contributed by atoms with van der Waals surface area (Å²) in [6, 6.07) is 38.7. The normalized spacial score (nSPS) is 15.6. The molecule has 0 spiro atoms. The van der Waals surface area contributed by atoms with Crippen molar-refractivity contribution in [3.05, 3.63) is 121 Å². The van der Waals surface area contributed by atoms with Crippen molar-refractivity contribution in [3.63, 3.8) is 0 Å². The smallest absolute Gasteiger partial charge is 0.138 e. The Morgan fingerprint density at radius 1 is 0.380 bits per heavy atom. The highest BCUT2D eigenvalue weighted by Gasteiger charge is 2.22. The van der Waals surface area contributed by atoms with E-state index in [-0.39, 0.29) is 0 Å². The highest BCUT2D eigenvalue weighted by Crippen LogP contribution is 2.43. The van der Waals surface area contributed by atoms with E-state index in [2.05, 4.69) is 109 Å². The first-order chi connectivity index (χ1) is 24.8. The molecule has 0 fully saturated rings. The molecule has 7 aromatic rings. The Kier molecular flexibility index (Phi) is 9.87. The number of benzene rings is 5. The second-order valence-corrected chi connectivity index (χ2v) is 13.8. The van der Waals surface area contributed by atoms with E-state index in [0.29, 0.717) is 0 Å². The number of fused-ring (bicyclic) bond motifs is 14. The van der Waals surface area contributed by atoms with Crippen LogP contribution in [0, 0.1) is 0 Å². The van der Waals surface area contributed by atoms with Crippen molar-refractivity contribution in [3.8, 4) is 33.8 Å². The molecule has 4 heterocycles. The van der Waals surface area contributed by atoms with Crippen LogP contribution in [0.2, 0.25) is 0 Å². The van der Waals surface area contributed by atoms with Crippen LogP contribution in [-0.2, 0) is 12.8 Å². The molecule has 2 aliphatic heterocycles. The number of furan rings is 2. The van der Waals surface area contributed by atoms with Crippen molar-refractivity contribution in [2.24, 2.45) is 0 Å². The molecule has 9 bridgehead atoms. The first-order valence-corrected chi connectivity index (χ1v) is 18.7. The van der Waals surface area contributed by atoms with Crippen LogP contribution >= 0.6 is 0 Å². The van der Waals surface area contributed by atoms with Gasteiger partial charge in [-0.05, 0) is 77.9 Å². The summed E-state index contributed by atoms with van der Waals surface area (Å²) >= 11 is 0. The topological polar surface area (TPSA) is 44.7 Å². The molecule has 2 aliphatic rings. The summed E-state index contributed by atoms with van der Waals surface area (Å²) in [6.07, 6.45) is 13.1. The van der Waals surface area contributed by atoms with Crippen LogP contribution in [-0.4, -0.2) is 13.2 Å². The number of ether oxygens (including phenoxy) is 2. The van der Waals surface area contributed by atoms with Gasteiger partial charge in [-0.15, -0.1) is 0 Å². The van der Waals surface area contributed by atoms with Crippen molar-refractivity contribution in [2.75, 3.05) is 13.2 Å². The lowest BCUT2D eigenvalue weighted by Crippen LogP contribution is -1.98. The van der Waals surface area contributed by atoms with E-state index < -0.39 is 0 Å². The summed E-state index contributed by atoms with van der Waals surface area (Å²) in [5, 5.41) is 4.70. The SMILES string of the molecule is c1ccc(-c2c3oc4cc5oc(c(-c6ccccc6)c5cc24)CCCCCCCOc2ccc4ccc(cc4c2)OCCCCCCC3)cc1. The van der Waals surface area contributed by atoms with E-state index in [0.717, 1.165) is 117 Å². The van der Waals surface area contributed by atoms with Gasteiger partial charge >= 0.3 is 0 Å². The lowest BCUT2D eigenvalue weighted by Gasteiger charge is -2.10. The molecule has 0 unspecified atom stereocenters. The highest BCUT2D eigenvalue weighted by molar-refractivity contribution is 6.07. The van der Waals surface area contributed by atoms with Crippen LogP contribution in [0.1, 0.15) is 75.7 Å². The fourth-order valence-corrected chi connectivity index (χ4v) is 7.58. The van der Waals surface area contributed by atoms with Gasteiger partial charge in [0.1, 0.15) is 34.2 Å². The van der Waals surface area contributed by atoms with E-state index in [1.165, 1.54) is 51.3 Å².